The molecule has 0 radical (unpaired) electrons. The summed E-state index contributed by atoms with van der Waals surface area (Å²) in [5.41, 5.74) is 2.14. The molecule has 1 aliphatic rings. The van der Waals surface area contributed by atoms with Crippen molar-refractivity contribution in [2.45, 2.75) is 13.0 Å². The molecule has 28 heavy (non-hydrogen) atoms. The van der Waals surface area contributed by atoms with E-state index in [4.69, 9.17) is 4.74 Å². The number of hydrogen-bond donors (Lipinski definition) is 1. The van der Waals surface area contributed by atoms with Crippen LogP contribution in [0, 0.1) is 0 Å². The Kier molecular flexibility index (Phi) is 6.21. The van der Waals surface area contributed by atoms with E-state index in [2.05, 4.69) is 10.2 Å². The molecule has 1 N–H and O–H groups in total. The summed E-state index contributed by atoms with van der Waals surface area (Å²) >= 11 is 0. The smallest absolute Gasteiger partial charge is 0.247 e. The fourth-order valence-corrected chi connectivity index (χ4v) is 4.38. The van der Waals surface area contributed by atoms with Crippen LogP contribution in [-0.4, -0.2) is 52.9 Å². The summed E-state index contributed by atoms with van der Waals surface area (Å²) in [4.78, 5) is 14.9. The molecular formula is C20H25N3O4S. The van der Waals surface area contributed by atoms with E-state index in [1.54, 1.807) is 37.3 Å². The van der Waals surface area contributed by atoms with Gasteiger partial charge in [0.2, 0.25) is 15.9 Å². The zero-order valence-electron chi connectivity index (χ0n) is 16.0. The van der Waals surface area contributed by atoms with Crippen LogP contribution in [0.3, 0.4) is 0 Å². The maximum absolute atomic E-state index is 12.7. The van der Waals surface area contributed by atoms with Crippen molar-refractivity contribution in [2.75, 3.05) is 47.1 Å². The predicted octanol–water partition coefficient (Wildman–Crippen LogP) is 2.32. The van der Waals surface area contributed by atoms with Crippen LogP contribution >= 0.6 is 0 Å². The van der Waals surface area contributed by atoms with Crippen molar-refractivity contribution in [3.63, 3.8) is 0 Å². The van der Waals surface area contributed by atoms with Gasteiger partial charge in [-0.25, -0.2) is 8.42 Å². The lowest BCUT2D eigenvalue weighted by Gasteiger charge is -2.29. The summed E-state index contributed by atoms with van der Waals surface area (Å²) < 4.78 is 31.0. The molecule has 8 heteroatoms. The Labute approximate surface area is 166 Å². The predicted molar refractivity (Wildman–Crippen MR) is 111 cm³/mol. The molecule has 0 bridgehead atoms. The van der Waals surface area contributed by atoms with Crippen LogP contribution in [0.1, 0.15) is 6.92 Å². The molecule has 0 unspecified atom stereocenters. The molecule has 0 aliphatic carbocycles. The molecule has 1 saturated heterocycles. The Bertz CT molecular complexity index is 895. The highest BCUT2D eigenvalue weighted by Gasteiger charge is 2.29. The molecule has 150 valence electrons. The molecule has 1 fully saturated rings. The molecule has 0 aromatic heterocycles. The largest absolute Gasteiger partial charge is 0.378 e. The number of carbonyl (C=O) groups excluding carboxylic acids is 1. The SMILES string of the molecule is C[C@@H](C(=O)Nc1ccc(N2CCOCC2)cc1)N(c1ccccc1)S(C)(=O)=O. The van der Waals surface area contributed by atoms with Crippen LogP contribution in [0.25, 0.3) is 0 Å². The highest BCUT2D eigenvalue weighted by molar-refractivity contribution is 7.92. The first-order valence-electron chi connectivity index (χ1n) is 9.14. The number of hydrogen-bond acceptors (Lipinski definition) is 5. The molecule has 3 rings (SSSR count). The van der Waals surface area contributed by atoms with Crippen molar-refractivity contribution < 1.29 is 17.9 Å². The number of anilines is 3. The average Bonchev–Trinajstić information content (AvgIpc) is 2.69. The number of nitrogens with zero attached hydrogens (tertiary/aromatic N) is 2. The van der Waals surface area contributed by atoms with Crippen LogP contribution in [0.15, 0.2) is 54.6 Å². The molecule has 1 atom stereocenters. The van der Waals surface area contributed by atoms with Gasteiger partial charge >= 0.3 is 0 Å². The minimum Gasteiger partial charge on any atom is -0.378 e. The van der Waals surface area contributed by atoms with Gasteiger partial charge in [0, 0.05) is 24.5 Å². The van der Waals surface area contributed by atoms with Crippen LogP contribution in [0.2, 0.25) is 0 Å². The molecular weight excluding hydrogens is 378 g/mol. The van der Waals surface area contributed by atoms with E-state index in [1.807, 2.05) is 24.3 Å². The molecule has 1 amide bonds. The summed E-state index contributed by atoms with van der Waals surface area (Å²) in [6.07, 6.45) is 1.10. The number of nitrogens with one attached hydrogen (secondary N) is 1. The highest BCUT2D eigenvalue weighted by Crippen LogP contribution is 2.22. The minimum atomic E-state index is -3.62. The second-order valence-electron chi connectivity index (χ2n) is 6.71. The highest BCUT2D eigenvalue weighted by atomic mass is 32.2. The van der Waals surface area contributed by atoms with Crippen LogP contribution in [0.5, 0.6) is 0 Å². The fraction of sp³-hybridized carbons (Fsp3) is 0.350. The normalized spacial score (nSPS) is 15.7. The second-order valence-corrected chi connectivity index (χ2v) is 8.57. The zero-order valence-corrected chi connectivity index (χ0v) is 16.9. The van der Waals surface area contributed by atoms with E-state index in [0.29, 0.717) is 24.6 Å². The number of carbonyl (C=O) groups is 1. The van der Waals surface area contributed by atoms with E-state index in [9.17, 15) is 13.2 Å². The molecule has 2 aromatic carbocycles. The maximum Gasteiger partial charge on any atom is 0.247 e. The minimum absolute atomic E-state index is 0.395. The fourth-order valence-electron chi connectivity index (χ4n) is 3.21. The van der Waals surface area contributed by atoms with Gasteiger partial charge < -0.3 is 15.0 Å². The van der Waals surface area contributed by atoms with Crippen LogP contribution in [0.4, 0.5) is 17.1 Å². The first kappa shape index (κ1) is 20.2. The molecule has 1 heterocycles. The van der Waals surface area contributed by atoms with Crippen molar-refractivity contribution in [2.24, 2.45) is 0 Å². The van der Waals surface area contributed by atoms with Gasteiger partial charge in [-0.1, -0.05) is 18.2 Å². The third-order valence-corrected chi connectivity index (χ3v) is 5.85. The topological polar surface area (TPSA) is 79.0 Å². The third kappa shape index (κ3) is 4.82. The van der Waals surface area contributed by atoms with E-state index >= 15 is 0 Å². The molecule has 0 spiro atoms. The van der Waals surface area contributed by atoms with Gasteiger partial charge in [-0.05, 0) is 43.3 Å². The summed E-state index contributed by atoms with van der Waals surface area (Å²) in [6.45, 7) is 4.66. The average molecular weight is 404 g/mol. The quantitative estimate of drug-likeness (QED) is 0.801. The van der Waals surface area contributed by atoms with Gasteiger partial charge in [0.05, 0.1) is 25.2 Å². The van der Waals surface area contributed by atoms with Gasteiger partial charge in [0.25, 0.3) is 0 Å². The number of amides is 1. The zero-order chi connectivity index (χ0) is 20.1. The summed E-state index contributed by atoms with van der Waals surface area (Å²) in [7, 11) is -3.62. The van der Waals surface area contributed by atoms with Gasteiger partial charge in [0.1, 0.15) is 6.04 Å². The Morgan fingerprint density at radius 3 is 2.25 bits per heavy atom. The number of rotatable bonds is 6. The van der Waals surface area contributed by atoms with Crippen molar-refractivity contribution in [3.8, 4) is 0 Å². The second kappa shape index (κ2) is 8.62. The van der Waals surface area contributed by atoms with Crippen LogP contribution < -0.4 is 14.5 Å². The van der Waals surface area contributed by atoms with Gasteiger partial charge in [0.15, 0.2) is 0 Å². The van der Waals surface area contributed by atoms with Crippen molar-refractivity contribution in [3.05, 3.63) is 54.6 Å². The summed E-state index contributed by atoms with van der Waals surface area (Å²) in [5.74, 6) is -0.395. The van der Waals surface area contributed by atoms with E-state index in [1.165, 1.54) is 0 Å². The lowest BCUT2D eigenvalue weighted by molar-refractivity contribution is -0.116. The number of morpholine rings is 1. The summed E-state index contributed by atoms with van der Waals surface area (Å²) in [5, 5.41) is 2.81. The van der Waals surface area contributed by atoms with Crippen molar-refractivity contribution in [1.82, 2.24) is 0 Å². The monoisotopic (exact) mass is 403 g/mol. The Balaban J connectivity index is 1.72. The van der Waals surface area contributed by atoms with Crippen molar-refractivity contribution in [1.29, 1.82) is 0 Å². The van der Waals surface area contributed by atoms with E-state index < -0.39 is 22.0 Å². The Morgan fingerprint density at radius 2 is 1.68 bits per heavy atom. The Morgan fingerprint density at radius 1 is 1.07 bits per heavy atom. The van der Waals surface area contributed by atoms with E-state index in [-0.39, 0.29) is 0 Å². The van der Waals surface area contributed by atoms with Gasteiger partial charge in [-0.15, -0.1) is 0 Å². The molecule has 0 saturated carbocycles. The lowest BCUT2D eigenvalue weighted by atomic mass is 10.2. The summed E-state index contributed by atoms with van der Waals surface area (Å²) in [6, 6.07) is 15.2. The molecule has 2 aromatic rings. The van der Waals surface area contributed by atoms with Gasteiger partial charge in [-0.2, -0.15) is 0 Å². The molecule has 7 nitrogen and oxygen atoms in total. The molecule has 1 aliphatic heterocycles. The third-order valence-electron chi connectivity index (χ3n) is 4.61. The van der Waals surface area contributed by atoms with Gasteiger partial charge in [-0.3, -0.25) is 9.10 Å². The van der Waals surface area contributed by atoms with Crippen molar-refractivity contribution >= 4 is 33.0 Å². The van der Waals surface area contributed by atoms with Crippen LogP contribution in [-0.2, 0) is 19.6 Å². The lowest BCUT2D eigenvalue weighted by Crippen LogP contribution is -2.45. The Hall–Kier alpha value is -2.58. The number of sulfonamides is 1. The number of para-hydroxylation sites is 1. The first-order valence-corrected chi connectivity index (χ1v) is 11.0. The maximum atomic E-state index is 12.7. The van der Waals surface area contributed by atoms with E-state index in [0.717, 1.165) is 29.3 Å². The number of ether oxygens (including phenoxy) is 1. The standard InChI is InChI=1S/C20H25N3O4S/c1-16(23(28(2,25)26)19-6-4-3-5-7-19)20(24)21-17-8-10-18(11-9-17)22-12-14-27-15-13-22/h3-11,16H,12-15H2,1-2H3,(H,21,24)/t16-/m0/s1. The first-order chi connectivity index (χ1) is 13.4. The number of benzene rings is 2.